The largest absolute Gasteiger partial charge is 0.493 e. The summed E-state index contributed by atoms with van der Waals surface area (Å²) in [6.45, 7) is 6.80. The number of hydrogen-bond donors (Lipinski definition) is 0. The molecule has 5 heteroatoms. The molecule has 0 radical (unpaired) electrons. The van der Waals surface area contributed by atoms with Crippen LogP contribution in [0.1, 0.15) is 41.8 Å². The van der Waals surface area contributed by atoms with Crippen LogP contribution in [0.4, 0.5) is 0 Å². The first-order chi connectivity index (χ1) is 12.1. The molecular formula is C20H24N2O3. The summed E-state index contributed by atoms with van der Waals surface area (Å²) in [4.78, 5) is 4.20. The van der Waals surface area contributed by atoms with E-state index in [9.17, 15) is 0 Å². The molecule has 5 nitrogen and oxygen atoms in total. The molecule has 25 heavy (non-hydrogen) atoms. The predicted molar refractivity (Wildman–Crippen MR) is 95.7 cm³/mol. The monoisotopic (exact) mass is 340 g/mol. The lowest BCUT2D eigenvalue weighted by Crippen LogP contribution is -2.01. The van der Waals surface area contributed by atoms with Crippen molar-refractivity contribution in [3.8, 4) is 17.0 Å². The highest BCUT2D eigenvalue weighted by atomic mass is 16.5. The number of ether oxygens (including phenoxy) is 1. The van der Waals surface area contributed by atoms with E-state index in [4.69, 9.17) is 13.7 Å². The molecule has 0 amide bonds. The van der Waals surface area contributed by atoms with E-state index in [1.54, 1.807) is 6.26 Å². The lowest BCUT2D eigenvalue weighted by Gasteiger charge is -2.13. The Morgan fingerprint density at radius 2 is 1.80 bits per heavy atom. The molecule has 0 fully saturated rings. The van der Waals surface area contributed by atoms with Gasteiger partial charge in [-0.2, -0.15) is 0 Å². The Hall–Kier alpha value is -2.56. The molecule has 0 aliphatic rings. The van der Waals surface area contributed by atoms with Gasteiger partial charge >= 0.3 is 0 Å². The van der Waals surface area contributed by atoms with Crippen molar-refractivity contribution < 1.29 is 13.7 Å². The quantitative estimate of drug-likeness (QED) is 0.537. The molecule has 0 aliphatic heterocycles. The Morgan fingerprint density at radius 1 is 1.00 bits per heavy atom. The van der Waals surface area contributed by atoms with Crippen LogP contribution in [0, 0.1) is 20.8 Å². The van der Waals surface area contributed by atoms with Crippen LogP contribution in [-0.2, 0) is 6.42 Å². The van der Waals surface area contributed by atoms with Gasteiger partial charge in [-0.1, -0.05) is 5.16 Å². The van der Waals surface area contributed by atoms with Crippen LogP contribution in [0.5, 0.6) is 5.75 Å². The van der Waals surface area contributed by atoms with Crippen LogP contribution in [0.2, 0.25) is 0 Å². The van der Waals surface area contributed by atoms with Crippen LogP contribution < -0.4 is 4.74 Å². The second-order valence-electron chi connectivity index (χ2n) is 6.41. The molecule has 0 atom stereocenters. The SMILES string of the molecule is Cc1cc(CCCCCOc2c(C)cc(-c3cocn3)cc2C)on1. The maximum absolute atomic E-state index is 6.02. The second kappa shape index (κ2) is 8.01. The minimum atomic E-state index is 0.723. The van der Waals surface area contributed by atoms with E-state index in [-0.39, 0.29) is 0 Å². The molecule has 0 saturated carbocycles. The van der Waals surface area contributed by atoms with E-state index in [0.29, 0.717) is 0 Å². The third-order valence-electron chi connectivity index (χ3n) is 4.18. The normalized spacial score (nSPS) is 11.0. The van der Waals surface area contributed by atoms with Crippen molar-refractivity contribution in [2.75, 3.05) is 6.61 Å². The molecular weight excluding hydrogens is 316 g/mol. The molecule has 3 rings (SSSR count). The highest BCUT2D eigenvalue weighted by Gasteiger charge is 2.09. The summed E-state index contributed by atoms with van der Waals surface area (Å²) in [6, 6.07) is 6.18. The number of benzene rings is 1. The van der Waals surface area contributed by atoms with E-state index in [0.717, 1.165) is 71.9 Å². The number of aromatic nitrogens is 2. The molecule has 0 bridgehead atoms. The Morgan fingerprint density at radius 3 is 2.44 bits per heavy atom. The maximum Gasteiger partial charge on any atom is 0.181 e. The van der Waals surface area contributed by atoms with Gasteiger partial charge in [-0.15, -0.1) is 0 Å². The van der Waals surface area contributed by atoms with Gasteiger partial charge in [0.1, 0.15) is 23.5 Å². The summed E-state index contributed by atoms with van der Waals surface area (Å²) in [5.41, 5.74) is 5.09. The molecule has 1 aromatic carbocycles. The van der Waals surface area contributed by atoms with E-state index < -0.39 is 0 Å². The van der Waals surface area contributed by atoms with Crippen LogP contribution in [0.3, 0.4) is 0 Å². The molecule has 0 saturated heterocycles. The molecule has 0 aliphatic carbocycles. The first kappa shape index (κ1) is 17.3. The summed E-state index contributed by atoms with van der Waals surface area (Å²) in [5.74, 6) is 1.94. The minimum Gasteiger partial charge on any atom is -0.493 e. The van der Waals surface area contributed by atoms with Crippen LogP contribution in [0.15, 0.2) is 39.8 Å². The first-order valence-corrected chi connectivity index (χ1v) is 8.68. The Kier molecular flexibility index (Phi) is 5.53. The summed E-state index contributed by atoms with van der Waals surface area (Å²) >= 11 is 0. The van der Waals surface area contributed by atoms with Gasteiger partial charge in [0.25, 0.3) is 0 Å². The molecule has 0 spiro atoms. The smallest absolute Gasteiger partial charge is 0.181 e. The highest BCUT2D eigenvalue weighted by molar-refractivity contribution is 5.63. The van der Waals surface area contributed by atoms with E-state index in [1.165, 1.54) is 6.39 Å². The van der Waals surface area contributed by atoms with Crippen molar-refractivity contribution in [3.05, 3.63) is 53.4 Å². The molecule has 2 aromatic heterocycles. The predicted octanol–water partition coefficient (Wildman–Crippen LogP) is 5.05. The fourth-order valence-electron chi connectivity index (χ4n) is 2.97. The van der Waals surface area contributed by atoms with Gasteiger partial charge in [-0.3, -0.25) is 0 Å². The Labute approximate surface area is 148 Å². The van der Waals surface area contributed by atoms with E-state index in [1.807, 2.05) is 13.0 Å². The lowest BCUT2D eigenvalue weighted by molar-refractivity contribution is 0.299. The van der Waals surface area contributed by atoms with Crippen molar-refractivity contribution in [1.82, 2.24) is 10.1 Å². The zero-order valence-electron chi connectivity index (χ0n) is 15.0. The van der Waals surface area contributed by atoms with Crippen molar-refractivity contribution in [2.45, 2.75) is 46.5 Å². The van der Waals surface area contributed by atoms with Gasteiger partial charge in [-0.25, -0.2) is 4.98 Å². The fraction of sp³-hybridized carbons (Fsp3) is 0.400. The number of unbranched alkanes of at least 4 members (excludes halogenated alkanes) is 2. The van der Waals surface area contributed by atoms with Crippen LogP contribution in [0.25, 0.3) is 11.3 Å². The minimum absolute atomic E-state index is 0.723. The van der Waals surface area contributed by atoms with Crippen molar-refractivity contribution in [2.24, 2.45) is 0 Å². The maximum atomic E-state index is 6.02. The van der Waals surface area contributed by atoms with Crippen LogP contribution >= 0.6 is 0 Å². The summed E-state index contributed by atoms with van der Waals surface area (Å²) in [5, 5.41) is 3.91. The third kappa shape index (κ3) is 4.50. The summed E-state index contributed by atoms with van der Waals surface area (Å²) in [6.07, 6.45) is 7.26. The Bertz CT molecular complexity index is 783. The zero-order valence-corrected chi connectivity index (χ0v) is 15.0. The van der Waals surface area contributed by atoms with E-state index in [2.05, 4.69) is 36.1 Å². The second-order valence-corrected chi connectivity index (χ2v) is 6.41. The third-order valence-corrected chi connectivity index (χ3v) is 4.18. The fourth-order valence-corrected chi connectivity index (χ4v) is 2.97. The van der Waals surface area contributed by atoms with Gasteiger partial charge in [0.05, 0.1) is 12.3 Å². The van der Waals surface area contributed by atoms with Gasteiger partial charge in [-0.05, 0) is 63.3 Å². The Balaban J connectivity index is 1.46. The van der Waals surface area contributed by atoms with Gasteiger partial charge < -0.3 is 13.7 Å². The molecule has 0 unspecified atom stereocenters. The number of rotatable bonds is 8. The topological polar surface area (TPSA) is 61.3 Å². The molecule has 0 N–H and O–H groups in total. The van der Waals surface area contributed by atoms with Crippen molar-refractivity contribution in [3.63, 3.8) is 0 Å². The van der Waals surface area contributed by atoms with Crippen molar-refractivity contribution in [1.29, 1.82) is 0 Å². The number of nitrogens with zero attached hydrogens (tertiary/aromatic N) is 2. The number of aryl methyl sites for hydroxylation is 4. The molecule has 3 aromatic rings. The van der Waals surface area contributed by atoms with Gasteiger partial charge in [0.15, 0.2) is 6.39 Å². The average Bonchev–Trinajstić information content (AvgIpc) is 3.24. The first-order valence-electron chi connectivity index (χ1n) is 8.68. The molecule has 2 heterocycles. The number of hydrogen-bond acceptors (Lipinski definition) is 5. The molecule has 132 valence electrons. The summed E-state index contributed by atoms with van der Waals surface area (Å²) in [7, 11) is 0. The van der Waals surface area contributed by atoms with Crippen molar-refractivity contribution >= 4 is 0 Å². The summed E-state index contributed by atoms with van der Waals surface area (Å²) < 4.78 is 16.3. The van der Waals surface area contributed by atoms with E-state index >= 15 is 0 Å². The average molecular weight is 340 g/mol. The zero-order chi connectivity index (χ0) is 17.6. The highest BCUT2D eigenvalue weighted by Crippen LogP contribution is 2.29. The van der Waals surface area contributed by atoms with Crippen LogP contribution in [-0.4, -0.2) is 16.7 Å². The van der Waals surface area contributed by atoms with Gasteiger partial charge in [0.2, 0.25) is 0 Å². The standard InChI is InChI=1S/C20H24N2O3/c1-14-9-17(19-12-23-13-21-19)10-15(2)20(14)24-8-6-4-5-7-18-11-16(3)22-25-18/h9-13H,4-8H2,1-3H3. The van der Waals surface area contributed by atoms with Gasteiger partial charge in [0, 0.05) is 18.1 Å². The number of oxazole rings is 1. The lowest BCUT2D eigenvalue weighted by atomic mass is 10.0.